The summed E-state index contributed by atoms with van der Waals surface area (Å²) in [6.07, 6.45) is 0.320. The number of amides is 2. The highest BCUT2D eigenvalue weighted by atomic mass is 16.6. The van der Waals surface area contributed by atoms with E-state index in [1.54, 1.807) is 4.90 Å². The van der Waals surface area contributed by atoms with Crippen molar-refractivity contribution < 1.29 is 19.1 Å². The van der Waals surface area contributed by atoms with Gasteiger partial charge >= 0.3 is 6.09 Å². The van der Waals surface area contributed by atoms with Gasteiger partial charge in [0.25, 0.3) is 5.91 Å². The third-order valence-electron chi connectivity index (χ3n) is 6.10. The van der Waals surface area contributed by atoms with E-state index in [0.717, 1.165) is 23.2 Å². The van der Waals surface area contributed by atoms with Gasteiger partial charge in [-0.05, 0) is 46.3 Å². The molecule has 2 N–H and O–H groups in total. The Morgan fingerprint density at radius 3 is 2.75 bits per heavy atom. The van der Waals surface area contributed by atoms with E-state index in [9.17, 15) is 9.59 Å². The largest absolute Gasteiger partial charge is 0.440 e. The number of anilines is 1. The van der Waals surface area contributed by atoms with Crippen LogP contribution < -0.4 is 5.32 Å². The molecular formula is C23H31N5O4. The summed E-state index contributed by atoms with van der Waals surface area (Å²) < 4.78 is 11.4. The standard InChI is InChI=1S/C23H31N5O4/c1-23(2)19-16(20(26-25-19)24-21(29)17-11-8-12-31-17)13-28(23)22(30)32-18(14-27(3)4)15-9-6-5-7-10-15/h5-7,9-10,17-18H,8,11-14H2,1-4H3,(H2,24,25,26,29)/t17-,18+/m0/s1. The molecule has 172 valence electrons. The topological polar surface area (TPSA) is 99.8 Å². The van der Waals surface area contributed by atoms with Gasteiger partial charge in [-0.15, -0.1) is 0 Å². The van der Waals surface area contributed by atoms with Crippen LogP contribution in [-0.4, -0.2) is 65.3 Å². The molecule has 0 aliphatic carbocycles. The van der Waals surface area contributed by atoms with Gasteiger partial charge in [0, 0.05) is 18.7 Å². The number of fused-ring (bicyclic) bond motifs is 1. The Kier molecular flexibility index (Phi) is 6.21. The van der Waals surface area contributed by atoms with Gasteiger partial charge in [0.1, 0.15) is 12.2 Å². The lowest BCUT2D eigenvalue weighted by molar-refractivity contribution is -0.124. The summed E-state index contributed by atoms with van der Waals surface area (Å²) >= 11 is 0. The van der Waals surface area contributed by atoms with E-state index in [1.165, 1.54) is 0 Å². The summed E-state index contributed by atoms with van der Waals surface area (Å²) in [6.45, 7) is 5.33. The van der Waals surface area contributed by atoms with Crippen LogP contribution in [0.15, 0.2) is 30.3 Å². The number of H-pyrrole nitrogens is 1. The van der Waals surface area contributed by atoms with Gasteiger partial charge in [-0.2, -0.15) is 5.10 Å². The molecule has 4 rings (SSSR count). The average Bonchev–Trinajstić information content (AvgIpc) is 3.47. The second-order valence-electron chi connectivity index (χ2n) is 9.11. The quantitative estimate of drug-likeness (QED) is 0.715. The van der Waals surface area contributed by atoms with Crippen LogP contribution in [0, 0.1) is 0 Å². The van der Waals surface area contributed by atoms with Crippen LogP contribution in [0.5, 0.6) is 0 Å². The first-order valence-corrected chi connectivity index (χ1v) is 11.0. The second-order valence-corrected chi connectivity index (χ2v) is 9.11. The molecule has 0 unspecified atom stereocenters. The number of aromatic nitrogens is 2. The molecule has 32 heavy (non-hydrogen) atoms. The fourth-order valence-corrected chi connectivity index (χ4v) is 4.29. The molecule has 0 spiro atoms. The number of carbonyl (C=O) groups is 2. The van der Waals surface area contributed by atoms with Gasteiger partial charge in [-0.25, -0.2) is 4.79 Å². The van der Waals surface area contributed by atoms with Gasteiger partial charge in [-0.3, -0.25) is 14.8 Å². The molecular weight excluding hydrogens is 410 g/mol. The van der Waals surface area contributed by atoms with E-state index in [4.69, 9.17) is 9.47 Å². The molecule has 1 saturated heterocycles. The lowest BCUT2D eigenvalue weighted by atomic mass is 10.0. The summed E-state index contributed by atoms with van der Waals surface area (Å²) in [4.78, 5) is 29.4. The predicted molar refractivity (Wildman–Crippen MR) is 119 cm³/mol. The Morgan fingerprint density at radius 1 is 1.34 bits per heavy atom. The molecule has 1 aromatic carbocycles. The fraction of sp³-hybridized carbons (Fsp3) is 0.522. The molecule has 9 nitrogen and oxygen atoms in total. The van der Waals surface area contributed by atoms with E-state index in [1.807, 2.05) is 63.2 Å². The highest BCUT2D eigenvalue weighted by Gasteiger charge is 2.45. The van der Waals surface area contributed by atoms with Crippen molar-refractivity contribution in [3.63, 3.8) is 0 Å². The average molecular weight is 442 g/mol. The third-order valence-corrected chi connectivity index (χ3v) is 6.10. The van der Waals surface area contributed by atoms with Crippen LogP contribution >= 0.6 is 0 Å². The molecule has 2 aliphatic heterocycles. The third kappa shape index (κ3) is 4.35. The van der Waals surface area contributed by atoms with Crippen molar-refractivity contribution in [3.05, 3.63) is 47.2 Å². The number of carbonyl (C=O) groups excluding carboxylic acids is 2. The van der Waals surface area contributed by atoms with Gasteiger partial charge in [0.05, 0.1) is 17.8 Å². The summed E-state index contributed by atoms with van der Waals surface area (Å²) in [7, 11) is 3.89. The molecule has 9 heteroatoms. The van der Waals surface area contributed by atoms with Gasteiger partial charge in [-0.1, -0.05) is 30.3 Å². The Labute approximate surface area is 188 Å². The zero-order valence-electron chi connectivity index (χ0n) is 19.1. The maximum Gasteiger partial charge on any atom is 0.411 e. The maximum absolute atomic E-state index is 13.3. The van der Waals surface area contributed by atoms with Crippen LogP contribution in [0.2, 0.25) is 0 Å². The minimum atomic E-state index is -0.661. The summed E-state index contributed by atoms with van der Waals surface area (Å²) in [5, 5.41) is 10.2. The first-order chi connectivity index (χ1) is 15.3. The van der Waals surface area contributed by atoms with E-state index >= 15 is 0 Å². The minimum absolute atomic E-state index is 0.203. The molecule has 2 amide bonds. The minimum Gasteiger partial charge on any atom is -0.440 e. The lowest BCUT2D eigenvalue weighted by Gasteiger charge is -2.33. The number of nitrogens with zero attached hydrogens (tertiary/aromatic N) is 3. The number of nitrogens with one attached hydrogen (secondary N) is 2. The zero-order valence-corrected chi connectivity index (χ0v) is 19.1. The molecule has 2 aromatic rings. The molecule has 1 aromatic heterocycles. The van der Waals surface area contributed by atoms with Crippen molar-refractivity contribution in [1.82, 2.24) is 20.0 Å². The molecule has 0 radical (unpaired) electrons. The number of ether oxygens (including phenoxy) is 2. The first kappa shape index (κ1) is 22.3. The smallest absolute Gasteiger partial charge is 0.411 e. The highest BCUT2D eigenvalue weighted by molar-refractivity contribution is 5.94. The number of aromatic amines is 1. The van der Waals surface area contributed by atoms with Crippen LogP contribution in [0.25, 0.3) is 0 Å². The van der Waals surface area contributed by atoms with Crippen molar-refractivity contribution in [1.29, 1.82) is 0 Å². The van der Waals surface area contributed by atoms with Crippen LogP contribution in [0.3, 0.4) is 0 Å². The maximum atomic E-state index is 13.3. The van der Waals surface area contributed by atoms with Crippen molar-refractivity contribution in [2.24, 2.45) is 0 Å². The van der Waals surface area contributed by atoms with Gasteiger partial charge in [0.15, 0.2) is 5.82 Å². The van der Waals surface area contributed by atoms with Gasteiger partial charge in [0.2, 0.25) is 0 Å². The molecule has 0 saturated carbocycles. The van der Waals surface area contributed by atoms with E-state index in [0.29, 0.717) is 31.9 Å². The highest BCUT2D eigenvalue weighted by Crippen LogP contribution is 2.41. The van der Waals surface area contributed by atoms with Gasteiger partial charge < -0.3 is 19.7 Å². The summed E-state index contributed by atoms with van der Waals surface area (Å²) in [5.41, 5.74) is 1.87. The number of likely N-dealkylation sites (N-methyl/N-ethyl adjacent to an activating group) is 1. The Balaban J connectivity index is 1.50. The van der Waals surface area contributed by atoms with Crippen molar-refractivity contribution >= 4 is 17.8 Å². The van der Waals surface area contributed by atoms with Crippen molar-refractivity contribution in [2.45, 2.75) is 51.0 Å². The lowest BCUT2D eigenvalue weighted by Crippen LogP contribution is -2.42. The zero-order chi connectivity index (χ0) is 22.9. The number of hydrogen-bond donors (Lipinski definition) is 2. The van der Waals surface area contributed by atoms with Crippen molar-refractivity contribution in [3.8, 4) is 0 Å². The van der Waals surface area contributed by atoms with Crippen LogP contribution in [0.4, 0.5) is 10.6 Å². The van der Waals surface area contributed by atoms with E-state index < -0.39 is 23.8 Å². The number of hydrogen-bond acceptors (Lipinski definition) is 6. The normalized spacial score (nSPS) is 20.3. The fourth-order valence-electron chi connectivity index (χ4n) is 4.29. The summed E-state index contributed by atoms with van der Waals surface area (Å²) in [5.74, 6) is 0.238. The molecule has 3 heterocycles. The first-order valence-electron chi connectivity index (χ1n) is 11.0. The Hall–Kier alpha value is -2.91. The van der Waals surface area contributed by atoms with E-state index in [-0.39, 0.29) is 5.91 Å². The molecule has 2 atom stereocenters. The predicted octanol–water partition coefficient (Wildman–Crippen LogP) is 3.02. The van der Waals surface area contributed by atoms with Crippen LogP contribution in [0.1, 0.15) is 49.6 Å². The molecule has 1 fully saturated rings. The SMILES string of the molecule is CN(C)C[C@@H](OC(=O)N1Cc2c(NC(=O)[C@@H]3CCCO3)n[nH]c2C1(C)C)c1ccccc1. The summed E-state index contributed by atoms with van der Waals surface area (Å²) in [6, 6.07) is 9.73. The number of benzene rings is 1. The Bertz CT molecular complexity index is 966. The van der Waals surface area contributed by atoms with Crippen LogP contribution in [-0.2, 0) is 26.4 Å². The van der Waals surface area contributed by atoms with E-state index in [2.05, 4.69) is 15.5 Å². The van der Waals surface area contributed by atoms with Crippen molar-refractivity contribution in [2.75, 3.05) is 32.6 Å². The molecule has 0 bridgehead atoms. The number of rotatable bonds is 6. The second kappa shape index (κ2) is 8.91. The monoisotopic (exact) mass is 441 g/mol. The Morgan fingerprint density at radius 2 is 2.09 bits per heavy atom. The molecule has 2 aliphatic rings.